The molecule has 0 aliphatic carbocycles. The van der Waals surface area contributed by atoms with Crippen LogP contribution in [0.4, 0.5) is 45.5 Å². The van der Waals surface area contributed by atoms with Gasteiger partial charge in [-0.3, -0.25) is 0 Å². The number of nitrogens with zero attached hydrogens (tertiary/aromatic N) is 8. The summed E-state index contributed by atoms with van der Waals surface area (Å²) < 4.78 is 34.4. The van der Waals surface area contributed by atoms with E-state index < -0.39 is 18.0 Å². The first kappa shape index (κ1) is 56.7. The lowest BCUT2D eigenvalue weighted by molar-refractivity contribution is -0.146. The predicted molar refractivity (Wildman–Crippen MR) is 312 cm³/mol. The third-order valence-corrected chi connectivity index (χ3v) is 13.3. The van der Waals surface area contributed by atoms with E-state index in [0.29, 0.717) is 68.5 Å². The van der Waals surface area contributed by atoms with Gasteiger partial charge in [-0.05, 0) is 189 Å². The number of rotatable bonds is 27. The first-order valence-electron chi connectivity index (χ1n) is 25.0. The van der Waals surface area contributed by atoms with Gasteiger partial charge in [0.25, 0.3) is 0 Å². The van der Waals surface area contributed by atoms with Crippen molar-refractivity contribution in [2.45, 2.75) is 28.9 Å². The number of esters is 2. The molecule has 0 amide bonds. The highest BCUT2D eigenvalue weighted by Gasteiger charge is 2.18. The highest BCUT2D eigenvalue weighted by molar-refractivity contribution is 8.00. The average Bonchev–Trinajstić information content (AvgIpc) is 3.50. The van der Waals surface area contributed by atoms with Gasteiger partial charge >= 0.3 is 11.9 Å². The normalized spacial score (nSPS) is 12.1. The van der Waals surface area contributed by atoms with Crippen LogP contribution in [-0.4, -0.2) is 56.0 Å². The Morgan fingerprint density at radius 2 is 0.762 bits per heavy atom. The molecule has 18 heteroatoms. The quantitative estimate of drug-likeness (QED) is 0.0207. The van der Waals surface area contributed by atoms with Crippen LogP contribution in [0.3, 0.4) is 0 Å². The van der Waals surface area contributed by atoms with Crippen molar-refractivity contribution in [3.05, 3.63) is 225 Å². The SMILES string of the molecule is C=CC(=O)OC(COc1ccc(N=Nc2ccccc2)cc1)COc1ccc(N=Nc2ccc(Oc3ccc(N=Nc4ccc(SCC(CSc5ccc(N=Nc6ccc(OC)cc6)cc5)OC(=O)C(=C)C)cc4)cc3)cc2)cc1. The van der Waals surface area contributed by atoms with E-state index in [4.69, 9.17) is 28.4 Å². The maximum Gasteiger partial charge on any atom is 0.333 e. The topological polar surface area (TPSA) is 188 Å². The van der Waals surface area contributed by atoms with Gasteiger partial charge < -0.3 is 28.4 Å². The fourth-order valence-electron chi connectivity index (χ4n) is 6.79. The van der Waals surface area contributed by atoms with Crippen molar-refractivity contribution in [2.24, 2.45) is 40.9 Å². The highest BCUT2D eigenvalue weighted by Crippen LogP contribution is 2.32. The Labute approximate surface area is 472 Å². The Balaban J connectivity index is 0.752. The van der Waals surface area contributed by atoms with Crippen molar-refractivity contribution in [2.75, 3.05) is 31.8 Å². The lowest BCUT2D eigenvalue weighted by Crippen LogP contribution is -2.30. The minimum atomic E-state index is -0.718. The van der Waals surface area contributed by atoms with Crippen molar-refractivity contribution in [1.82, 2.24) is 0 Å². The summed E-state index contributed by atoms with van der Waals surface area (Å²) in [6, 6.07) is 60.9. The molecule has 8 aromatic rings. The Hall–Kier alpha value is -9.52. The number of benzene rings is 8. The molecule has 0 saturated carbocycles. The average molecular weight is 1100 g/mol. The molecule has 16 nitrogen and oxygen atoms in total. The van der Waals surface area contributed by atoms with Gasteiger partial charge in [-0.25, -0.2) is 9.59 Å². The van der Waals surface area contributed by atoms with Gasteiger partial charge in [0.05, 0.1) is 52.6 Å². The molecule has 8 rings (SSSR count). The molecule has 0 saturated heterocycles. The second-order valence-electron chi connectivity index (χ2n) is 17.2. The number of carbonyl (C=O) groups excluding carboxylic acids is 2. The molecule has 0 aliphatic rings. The van der Waals surface area contributed by atoms with Gasteiger partial charge in [-0.15, -0.1) is 23.5 Å². The number of azo groups is 4. The van der Waals surface area contributed by atoms with E-state index in [-0.39, 0.29) is 19.3 Å². The van der Waals surface area contributed by atoms with Crippen LogP contribution in [0.25, 0.3) is 0 Å². The monoisotopic (exact) mass is 1100 g/mol. The lowest BCUT2D eigenvalue weighted by atomic mass is 10.3. The number of thioether (sulfide) groups is 2. The van der Waals surface area contributed by atoms with E-state index in [0.717, 1.165) is 38.7 Å². The minimum Gasteiger partial charge on any atom is -0.497 e. The van der Waals surface area contributed by atoms with Gasteiger partial charge in [-0.2, -0.15) is 40.9 Å². The van der Waals surface area contributed by atoms with E-state index in [1.807, 2.05) is 140 Å². The first-order valence-corrected chi connectivity index (χ1v) is 26.9. The molecule has 0 N–H and O–H groups in total. The van der Waals surface area contributed by atoms with Gasteiger partial charge in [0.15, 0.2) is 6.10 Å². The Morgan fingerprint density at radius 1 is 0.438 bits per heavy atom. The van der Waals surface area contributed by atoms with Crippen LogP contribution in [0, 0.1) is 0 Å². The number of carbonyl (C=O) groups is 2. The standard InChI is InChI=1S/C62H54N8O8S2/c1-5-61(71)77-57(39-74-53-27-13-46(14-28-53)64-63-44-9-7-6-8-10-44)40-75-54-29-15-47(16-30-54)66-67-48-17-31-55(32-18-48)76-56-33-19-49(20-34-56)68-70-51-23-37-60(38-24-51)80-42-58(78-62(72)43(2)3)41-79-59-35-21-50(22-36-59)69-65-45-11-25-52(73-4)26-12-45/h5-38,57-58H,1-2,39-42H2,3-4H3. The summed E-state index contributed by atoms with van der Waals surface area (Å²) in [5, 5.41) is 34.6. The Bertz CT molecular complexity index is 3400. The molecule has 402 valence electrons. The van der Waals surface area contributed by atoms with E-state index in [9.17, 15) is 9.59 Å². The number of hydrogen-bond acceptors (Lipinski definition) is 18. The zero-order valence-corrected chi connectivity index (χ0v) is 45.3. The molecule has 0 bridgehead atoms. The van der Waals surface area contributed by atoms with Gasteiger partial charge in [0.1, 0.15) is 48.1 Å². The van der Waals surface area contributed by atoms with E-state index in [2.05, 4.69) is 54.1 Å². The summed E-state index contributed by atoms with van der Waals surface area (Å²) in [4.78, 5) is 26.6. The smallest absolute Gasteiger partial charge is 0.333 e. The zero-order chi connectivity index (χ0) is 55.7. The van der Waals surface area contributed by atoms with Crippen molar-refractivity contribution in [1.29, 1.82) is 0 Å². The largest absolute Gasteiger partial charge is 0.497 e. The minimum absolute atomic E-state index is 0.0367. The summed E-state index contributed by atoms with van der Waals surface area (Å²) >= 11 is 3.18. The predicted octanol–water partition coefficient (Wildman–Crippen LogP) is 18.1. The molecule has 2 unspecified atom stereocenters. The van der Waals surface area contributed by atoms with Crippen LogP contribution >= 0.6 is 23.5 Å². The summed E-state index contributed by atoms with van der Waals surface area (Å²) in [5.74, 6) is 3.19. The molecule has 8 aromatic carbocycles. The van der Waals surface area contributed by atoms with Crippen LogP contribution in [0.5, 0.6) is 28.7 Å². The molecule has 80 heavy (non-hydrogen) atoms. The Kier molecular flexibility index (Phi) is 21.1. The van der Waals surface area contributed by atoms with Gasteiger partial charge in [0.2, 0.25) is 0 Å². The molecular formula is C62H54N8O8S2. The van der Waals surface area contributed by atoms with Crippen molar-refractivity contribution < 1.29 is 38.0 Å². The lowest BCUT2D eigenvalue weighted by Gasteiger charge is -2.18. The Morgan fingerprint density at radius 3 is 1.10 bits per heavy atom. The zero-order valence-electron chi connectivity index (χ0n) is 43.7. The van der Waals surface area contributed by atoms with Crippen LogP contribution < -0.4 is 18.9 Å². The molecule has 0 aromatic heterocycles. The van der Waals surface area contributed by atoms with E-state index >= 15 is 0 Å². The van der Waals surface area contributed by atoms with E-state index in [1.165, 1.54) is 0 Å². The van der Waals surface area contributed by atoms with Crippen molar-refractivity contribution in [3.8, 4) is 28.7 Å². The fourth-order valence-corrected chi connectivity index (χ4v) is 8.73. The first-order chi connectivity index (χ1) is 39.1. The summed E-state index contributed by atoms with van der Waals surface area (Å²) in [5.41, 5.74) is 5.79. The molecule has 0 spiro atoms. The van der Waals surface area contributed by atoms with Crippen LogP contribution in [0.2, 0.25) is 0 Å². The maximum atomic E-state index is 12.5. The number of hydrogen-bond donors (Lipinski definition) is 0. The second kappa shape index (κ2) is 29.8. The van der Waals surface area contributed by atoms with Crippen LogP contribution in [0.1, 0.15) is 6.92 Å². The van der Waals surface area contributed by atoms with E-state index in [1.54, 1.807) is 98.2 Å². The summed E-state index contributed by atoms with van der Waals surface area (Å²) in [6.45, 7) is 8.97. The third-order valence-electron chi connectivity index (χ3n) is 11.0. The number of methoxy groups -OCH3 is 1. The second-order valence-corrected chi connectivity index (χ2v) is 19.4. The van der Waals surface area contributed by atoms with Crippen molar-refractivity contribution in [3.63, 3.8) is 0 Å². The fraction of sp³-hybridized carbons (Fsp3) is 0.129. The molecule has 0 fully saturated rings. The number of ether oxygens (including phenoxy) is 6. The van der Waals surface area contributed by atoms with Crippen LogP contribution in [0.15, 0.2) is 276 Å². The van der Waals surface area contributed by atoms with Gasteiger partial charge in [-0.1, -0.05) is 31.4 Å². The van der Waals surface area contributed by atoms with Gasteiger partial charge in [0, 0.05) is 32.9 Å². The highest BCUT2D eigenvalue weighted by atomic mass is 32.2. The van der Waals surface area contributed by atoms with Crippen molar-refractivity contribution >= 4 is 81.0 Å². The summed E-state index contributed by atoms with van der Waals surface area (Å²) in [7, 11) is 1.62. The molecule has 0 radical (unpaired) electrons. The molecule has 2 atom stereocenters. The third kappa shape index (κ3) is 18.9. The summed E-state index contributed by atoms with van der Waals surface area (Å²) in [6.07, 6.45) is 0.00599. The molecule has 0 aliphatic heterocycles. The molecule has 0 heterocycles. The molecular weight excluding hydrogens is 1050 g/mol. The van der Waals surface area contributed by atoms with Crippen LogP contribution in [-0.2, 0) is 19.1 Å². The maximum absolute atomic E-state index is 12.5.